The van der Waals surface area contributed by atoms with Gasteiger partial charge < -0.3 is 14.3 Å². The molecule has 172 valence electrons. The number of anilines is 1. The number of imidazole rings is 2. The summed E-state index contributed by atoms with van der Waals surface area (Å²) in [5.74, 6) is -1.33. The molecule has 0 aliphatic heterocycles. The predicted octanol–water partition coefficient (Wildman–Crippen LogP) is 3.91. The maximum Gasteiger partial charge on any atom is 0.231 e. The SMILES string of the molecule is Cc1cn(Cc2c(F)c(Cl)c(-c3cn4cc(NC(=O)[C@@H]5C[C@@H]5F)nc4cn3)c3cn[nH]c23)cn1. The zero-order valence-electron chi connectivity index (χ0n) is 17.8. The summed E-state index contributed by atoms with van der Waals surface area (Å²) in [6, 6.07) is 0. The topological polar surface area (TPSA) is 106 Å². The average Bonchev–Trinajstić information content (AvgIpc) is 3.17. The maximum absolute atomic E-state index is 15.5. The van der Waals surface area contributed by atoms with Gasteiger partial charge in [-0.15, -0.1) is 0 Å². The van der Waals surface area contributed by atoms with E-state index >= 15 is 4.39 Å². The third-order valence-corrected chi connectivity index (χ3v) is 6.24. The number of hydrogen-bond acceptors (Lipinski definition) is 5. The first-order chi connectivity index (χ1) is 16.4. The minimum absolute atomic E-state index is 0.0797. The van der Waals surface area contributed by atoms with Gasteiger partial charge in [0.2, 0.25) is 5.91 Å². The molecule has 0 bridgehead atoms. The molecule has 4 aromatic heterocycles. The Morgan fingerprint density at radius 2 is 2.12 bits per heavy atom. The number of rotatable bonds is 5. The summed E-state index contributed by atoms with van der Waals surface area (Å²) in [5.41, 5.74) is 2.92. The minimum atomic E-state index is -1.10. The summed E-state index contributed by atoms with van der Waals surface area (Å²) in [5, 5.41) is 10.1. The summed E-state index contributed by atoms with van der Waals surface area (Å²) in [6.45, 7) is 2.08. The van der Waals surface area contributed by atoms with Crippen molar-refractivity contribution in [2.75, 3.05) is 5.32 Å². The van der Waals surface area contributed by atoms with Crippen molar-refractivity contribution in [3.8, 4) is 11.3 Å². The van der Waals surface area contributed by atoms with Crippen LogP contribution in [0.1, 0.15) is 17.7 Å². The zero-order valence-corrected chi connectivity index (χ0v) is 18.5. The Balaban J connectivity index is 1.40. The van der Waals surface area contributed by atoms with Crippen LogP contribution in [0.3, 0.4) is 0 Å². The number of aryl methyl sites for hydroxylation is 1. The Labute approximate surface area is 195 Å². The van der Waals surface area contributed by atoms with E-state index in [1.54, 1.807) is 33.9 Å². The average molecular weight is 483 g/mol. The van der Waals surface area contributed by atoms with Crippen molar-refractivity contribution in [2.45, 2.75) is 26.1 Å². The van der Waals surface area contributed by atoms with Gasteiger partial charge in [-0.3, -0.25) is 14.9 Å². The van der Waals surface area contributed by atoms with Crippen LogP contribution in [0.4, 0.5) is 14.6 Å². The number of H-pyrrole nitrogens is 1. The predicted molar refractivity (Wildman–Crippen MR) is 121 cm³/mol. The van der Waals surface area contributed by atoms with Crippen LogP contribution in [-0.4, -0.2) is 46.2 Å². The fourth-order valence-electron chi connectivity index (χ4n) is 4.06. The van der Waals surface area contributed by atoms with Gasteiger partial charge in [0.25, 0.3) is 0 Å². The van der Waals surface area contributed by atoms with Crippen molar-refractivity contribution >= 4 is 39.9 Å². The molecular weight excluding hydrogens is 466 g/mol. The van der Waals surface area contributed by atoms with Crippen molar-refractivity contribution in [2.24, 2.45) is 5.92 Å². The highest BCUT2D eigenvalue weighted by atomic mass is 35.5. The highest BCUT2D eigenvalue weighted by molar-refractivity contribution is 6.35. The Morgan fingerprint density at radius 1 is 1.29 bits per heavy atom. The summed E-state index contributed by atoms with van der Waals surface area (Å²) < 4.78 is 32.0. The van der Waals surface area contributed by atoms with Gasteiger partial charge in [-0.05, 0) is 13.3 Å². The summed E-state index contributed by atoms with van der Waals surface area (Å²) >= 11 is 6.52. The van der Waals surface area contributed by atoms with Crippen molar-refractivity contribution in [1.82, 2.24) is 34.1 Å². The van der Waals surface area contributed by atoms with E-state index < -0.39 is 23.8 Å². The fraction of sp³-hybridized carbons (Fsp3) is 0.227. The molecule has 0 radical (unpaired) electrons. The van der Waals surface area contributed by atoms with E-state index in [0.29, 0.717) is 33.4 Å². The van der Waals surface area contributed by atoms with Gasteiger partial charge >= 0.3 is 0 Å². The van der Waals surface area contributed by atoms with E-state index in [0.717, 1.165) is 5.69 Å². The number of nitrogens with one attached hydrogen (secondary N) is 2. The van der Waals surface area contributed by atoms with Gasteiger partial charge in [-0.2, -0.15) is 5.10 Å². The van der Waals surface area contributed by atoms with Crippen LogP contribution in [0, 0.1) is 18.7 Å². The number of aromatic amines is 1. The molecular formula is C22H17ClF2N8O. The molecule has 0 spiro atoms. The molecule has 1 amide bonds. The molecule has 9 nitrogen and oxygen atoms in total. The number of carbonyl (C=O) groups is 1. The van der Waals surface area contributed by atoms with Gasteiger partial charge in [0.15, 0.2) is 11.5 Å². The Bertz CT molecular complexity index is 1590. The molecule has 0 unspecified atom stereocenters. The van der Waals surface area contributed by atoms with Crippen molar-refractivity contribution in [3.63, 3.8) is 0 Å². The second-order valence-electron chi connectivity index (χ2n) is 8.34. The van der Waals surface area contributed by atoms with E-state index in [1.807, 2.05) is 13.1 Å². The number of benzene rings is 1. The lowest BCUT2D eigenvalue weighted by Gasteiger charge is -2.12. The van der Waals surface area contributed by atoms with Gasteiger partial charge in [-0.25, -0.2) is 18.7 Å². The normalized spacial score (nSPS) is 17.5. The molecule has 1 saturated carbocycles. The summed E-state index contributed by atoms with van der Waals surface area (Å²) in [4.78, 5) is 24.9. The largest absolute Gasteiger partial charge is 0.333 e. The highest BCUT2D eigenvalue weighted by Gasteiger charge is 2.43. The number of halogens is 3. The van der Waals surface area contributed by atoms with Crippen LogP contribution in [0.5, 0.6) is 0 Å². The van der Waals surface area contributed by atoms with Gasteiger partial charge in [-0.1, -0.05) is 11.6 Å². The lowest BCUT2D eigenvalue weighted by molar-refractivity contribution is -0.117. The van der Waals surface area contributed by atoms with E-state index in [2.05, 4.69) is 30.5 Å². The van der Waals surface area contributed by atoms with E-state index in [-0.39, 0.29) is 23.8 Å². The molecule has 1 fully saturated rings. The van der Waals surface area contributed by atoms with Crippen molar-refractivity contribution in [1.29, 1.82) is 0 Å². The molecule has 4 heterocycles. The summed E-state index contributed by atoms with van der Waals surface area (Å²) in [7, 11) is 0. The standard InChI is InChI=1S/C22H17ClF2N8O/c1-10-5-32(9-27-10)6-13-20(25)19(23)18(12-3-28-31-21(12)13)15-7-33-8-16(29-17(33)4-26-15)30-22(34)11-2-14(11)24/h3-5,7-9,11,14H,2,6H2,1H3,(H,28,31)(H,30,34)/t11-,14+/m1/s1. The Kier molecular flexibility index (Phi) is 4.63. The lowest BCUT2D eigenvalue weighted by atomic mass is 10.0. The Hall–Kier alpha value is -3.86. The number of nitrogens with zero attached hydrogens (tertiary/aromatic N) is 6. The van der Waals surface area contributed by atoms with E-state index in [9.17, 15) is 9.18 Å². The summed E-state index contributed by atoms with van der Waals surface area (Å²) in [6.07, 6.45) is 8.85. The van der Waals surface area contributed by atoms with Crippen LogP contribution in [0.25, 0.3) is 27.8 Å². The van der Waals surface area contributed by atoms with E-state index in [1.165, 1.54) is 6.20 Å². The zero-order chi connectivity index (χ0) is 23.6. The second kappa shape index (κ2) is 7.59. The van der Waals surface area contributed by atoms with Gasteiger partial charge in [0.1, 0.15) is 12.0 Å². The first-order valence-corrected chi connectivity index (χ1v) is 10.9. The number of carbonyl (C=O) groups excluding carboxylic acids is 1. The molecule has 2 atom stereocenters. The first kappa shape index (κ1) is 20.7. The fourth-order valence-corrected chi connectivity index (χ4v) is 4.37. The lowest BCUT2D eigenvalue weighted by Crippen LogP contribution is -2.15. The monoisotopic (exact) mass is 482 g/mol. The van der Waals surface area contributed by atoms with Crippen LogP contribution in [0.15, 0.2) is 37.3 Å². The third-order valence-electron chi connectivity index (χ3n) is 5.89. The number of aromatic nitrogens is 7. The first-order valence-electron chi connectivity index (χ1n) is 10.5. The molecule has 12 heteroatoms. The molecule has 5 aromatic rings. The number of hydrogen-bond donors (Lipinski definition) is 2. The molecule has 1 aromatic carbocycles. The van der Waals surface area contributed by atoms with Gasteiger partial charge in [0, 0.05) is 28.9 Å². The minimum Gasteiger partial charge on any atom is -0.333 e. The number of alkyl halides is 1. The molecule has 0 saturated heterocycles. The van der Waals surface area contributed by atoms with Crippen LogP contribution >= 0.6 is 11.6 Å². The maximum atomic E-state index is 15.5. The molecule has 1 aliphatic rings. The van der Waals surface area contributed by atoms with Crippen LogP contribution in [0.2, 0.25) is 5.02 Å². The highest BCUT2D eigenvalue weighted by Crippen LogP contribution is 2.39. The Morgan fingerprint density at radius 3 is 2.85 bits per heavy atom. The molecule has 6 rings (SSSR count). The molecule has 34 heavy (non-hydrogen) atoms. The van der Waals surface area contributed by atoms with Crippen LogP contribution in [-0.2, 0) is 11.3 Å². The van der Waals surface area contributed by atoms with Crippen molar-refractivity contribution in [3.05, 3.63) is 59.4 Å². The third kappa shape index (κ3) is 3.39. The number of amides is 1. The number of fused-ring (bicyclic) bond motifs is 2. The van der Waals surface area contributed by atoms with Crippen LogP contribution < -0.4 is 5.32 Å². The quantitative estimate of drug-likeness (QED) is 0.395. The van der Waals surface area contributed by atoms with E-state index in [4.69, 9.17) is 11.6 Å². The van der Waals surface area contributed by atoms with Gasteiger partial charge in [0.05, 0.1) is 59.3 Å². The smallest absolute Gasteiger partial charge is 0.231 e. The van der Waals surface area contributed by atoms with Crippen molar-refractivity contribution < 1.29 is 13.6 Å². The molecule has 2 N–H and O–H groups in total. The second-order valence-corrected chi connectivity index (χ2v) is 8.72. The molecule has 1 aliphatic carbocycles.